The predicted octanol–water partition coefficient (Wildman–Crippen LogP) is 0.363. The molecule has 0 amide bonds. The van der Waals surface area contributed by atoms with Gasteiger partial charge in [0, 0.05) is 0 Å². The first-order chi connectivity index (χ1) is 12.4. The Morgan fingerprint density at radius 2 is 1.33 bits per heavy atom. The second-order valence-corrected chi connectivity index (χ2v) is 11.8. The fraction of sp³-hybridized carbons (Fsp3) is 0.292. The van der Waals surface area contributed by atoms with Gasteiger partial charge < -0.3 is 24.8 Å². The molecule has 0 N–H and O–H groups in total. The van der Waals surface area contributed by atoms with E-state index < -0.39 is 17.4 Å². The molecule has 0 saturated heterocycles. The zero-order valence-corrected chi connectivity index (χ0v) is 18.5. The van der Waals surface area contributed by atoms with Crippen molar-refractivity contribution < 1.29 is 42.2 Å². The van der Waals surface area contributed by atoms with Gasteiger partial charge in [-0.1, -0.05) is 0 Å². The smallest absolute Gasteiger partial charge is 1.00 e. The molecule has 0 unspecified atom stereocenters. The van der Waals surface area contributed by atoms with E-state index in [0.29, 0.717) is 4.22 Å². The summed E-state index contributed by atoms with van der Waals surface area (Å²) in [7, 11) is 0. The number of benzene rings is 2. The van der Waals surface area contributed by atoms with Crippen molar-refractivity contribution in [2.24, 2.45) is 0 Å². The van der Waals surface area contributed by atoms with E-state index in [1.54, 1.807) is 15.0 Å². The number of hydrogen-bond acceptors (Lipinski definition) is 0. The maximum atomic E-state index is 2.47. The zero-order chi connectivity index (χ0) is 16.6. The Morgan fingerprint density at radius 1 is 0.741 bits per heavy atom. The van der Waals surface area contributed by atoms with Crippen molar-refractivity contribution in [1.29, 1.82) is 0 Å². The van der Waals surface area contributed by atoms with Crippen molar-refractivity contribution in [3.8, 4) is 11.1 Å². The van der Waals surface area contributed by atoms with Gasteiger partial charge >= 0.3 is 157 Å². The van der Waals surface area contributed by atoms with Crippen LogP contribution in [0.25, 0.3) is 11.1 Å². The molecule has 3 aliphatic carbocycles. The van der Waals surface area contributed by atoms with Gasteiger partial charge in [-0.05, 0) is 0 Å². The summed E-state index contributed by atoms with van der Waals surface area (Å²) in [4.78, 5) is 0. The van der Waals surface area contributed by atoms with E-state index >= 15 is 0 Å². The van der Waals surface area contributed by atoms with Crippen LogP contribution in [-0.2, 0) is 17.4 Å². The van der Waals surface area contributed by atoms with Gasteiger partial charge in [-0.2, -0.15) is 0 Å². The molecule has 3 heteroatoms. The minimum atomic E-state index is -1.53. The fourth-order valence-electron chi connectivity index (χ4n) is 4.98. The quantitative estimate of drug-likeness (QED) is 0.603. The molecule has 0 radical (unpaired) electrons. The summed E-state index contributed by atoms with van der Waals surface area (Å²) < 4.78 is 4.44. The first-order valence-corrected chi connectivity index (χ1v) is 12.2. The first kappa shape index (κ1) is 20.8. The van der Waals surface area contributed by atoms with Gasteiger partial charge in [0.2, 0.25) is 0 Å². The van der Waals surface area contributed by atoms with E-state index in [0.717, 1.165) is 0 Å². The minimum absolute atomic E-state index is 0. The summed E-state index contributed by atoms with van der Waals surface area (Å²) in [5, 5.41) is 0. The molecule has 27 heavy (non-hydrogen) atoms. The average Bonchev–Trinajstić information content (AvgIpc) is 3.31. The zero-order valence-electron chi connectivity index (χ0n) is 15.4. The number of allylic oxidation sites excluding steroid dienone is 4. The molecular weight excluding hydrogens is 407 g/mol. The Bertz CT molecular complexity index is 870. The van der Waals surface area contributed by atoms with Crippen LogP contribution in [0.4, 0.5) is 0 Å². The molecule has 0 bridgehead atoms. The third-order valence-corrected chi connectivity index (χ3v) is 11.6. The van der Waals surface area contributed by atoms with Crippen LogP contribution in [0.3, 0.4) is 0 Å². The Labute approximate surface area is 180 Å². The van der Waals surface area contributed by atoms with Crippen LogP contribution in [0.1, 0.15) is 53.9 Å². The summed E-state index contributed by atoms with van der Waals surface area (Å²) in [6.07, 6.45) is 15.4. The van der Waals surface area contributed by atoms with E-state index in [-0.39, 0.29) is 24.8 Å². The van der Waals surface area contributed by atoms with Crippen molar-refractivity contribution >= 4 is 3.81 Å². The molecule has 3 aliphatic rings. The van der Waals surface area contributed by atoms with Gasteiger partial charge in [0.15, 0.2) is 0 Å². The molecule has 5 rings (SSSR count). The largest absolute Gasteiger partial charge is 1.00 e. The molecule has 2 aromatic carbocycles. The molecule has 0 nitrogen and oxygen atoms in total. The summed E-state index contributed by atoms with van der Waals surface area (Å²) in [6, 6.07) is 18.4. The Hall–Kier alpha value is -0.916. The van der Waals surface area contributed by atoms with Crippen molar-refractivity contribution in [2.75, 3.05) is 0 Å². The first-order valence-electron chi connectivity index (χ1n) is 9.69. The second-order valence-electron chi connectivity index (χ2n) is 7.51. The molecule has 1 fully saturated rings. The molecular formula is C24H24Cl2Ti. The summed E-state index contributed by atoms with van der Waals surface area (Å²) >= 11 is -1.53. The maximum Gasteiger partial charge on any atom is -1.00 e. The van der Waals surface area contributed by atoms with Gasteiger partial charge in [0.25, 0.3) is 0 Å². The summed E-state index contributed by atoms with van der Waals surface area (Å²) in [5.74, 6) is 0. The van der Waals surface area contributed by atoms with Crippen LogP contribution < -0.4 is 24.8 Å². The minimum Gasteiger partial charge on any atom is -1.00 e. The van der Waals surface area contributed by atoms with Crippen molar-refractivity contribution in [2.45, 2.75) is 42.7 Å². The van der Waals surface area contributed by atoms with Gasteiger partial charge in [0.05, 0.1) is 0 Å². The molecule has 138 valence electrons. The SMILES string of the molecule is C1=CC[C]([Ti+2](=[C]2CCCCC2)[CH]2c3ccccc3-c3ccccc32)=C1.[Cl-].[Cl-]. The van der Waals surface area contributed by atoms with Gasteiger partial charge in [0.1, 0.15) is 0 Å². The monoisotopic (exact) mass is 430 g/mol. The number of rotatable bonds is 2. The average molecular weight is 431 g/mol. The number of halogens is 2. The third-order valence-electron chi connectivity index (χ3n) is 6.08. The van der Waals surface area contributed by atoms with Crippen LogP contribution >= 0.6 is 0 Å². The molecule has 0 spiro atoms. The molecule has 2 aromatic rings. The standard InChI is InChI=1S/C13H9.C6H10.C5H5.2ClH.Ti/c1-3-7-12-10(5-1)9-11-6-2-4-8-13(11)12;1-2-4-6-5-3-1;1-2-4-5-3-1;;;/h1-9H;1-5H2;1-3H,4H2;2*1H;/q;;;;;+2/p-2. The molecule has 1 saturated carbocycles. The number of fused-ring (bicyclic) bond motifs is 3. The Morgan fingerprint density at radius 3 is 1.89 bits per heavy atom. The third kappa shape index (κ3) is 3.70. The molecule has 0 heterocycles. The van der Waals surface area contributed by atoms with Crippen LogP contribution in [0.15, 0.2) is 70.6 Å². The van der Waals surface area contributed by atoms with Crippen molar-refractivity contribution in [3.63, 3.8) is 0 Å². The van der Waals surface area contributed by atoms with Gasteiger partial charge in [-0.15, -0.1) is 0 Å². The van der Waals surface area contributed by atoms with Crippen LogP contribution in [0.5, 0.6) is 0 Å². The van der Waals surface area contributed by atoms with E-state index in [4.69, 9.17) is 0 Å². The van der Waals surface area contributed by atoms with Gasteiger partial charge in [-0.25, -0.2) is 0 Å². The van der Waals surface area contributed by atoms with Gasteiger partial charge in [-0.3, -0.25) is 0 Å². The van der Waals surface area contributed by atoms with Crippen LogP contribution in [0, 0.1) is 0 Å². The van der Waals surface area contributed by atoms with Crippen molar-refractivity contribution in [3.05, 3.63) is 81.8 Å². The Kier molecular flexibility index (Phi) is 6.98. The topological polar surface area (TPSA) is 0 Å². The second kappa shape index (κ2) is 9.06. The molecule has 0 atom stereocenters. The maximum absolute atomic E-state index is 2.47. The Balaban J connectivity index is 0.00000105. The predicted molar refractivity (Wildman–Crippen MR) is 104 cm³/mol. The molecule has 0 aliphatic heterocycles. The normalized spacial score (nSPS) is 17.1. The molecule has 0 aromatic heterocycles. The van der Waals surface area contributed by atoms with E-state index in [1.807, 2.05) is 3.81 Å². The van der Waals surface area contributed by atoms with E-state index in [9.17, 15) is 0 Å². The van der Waals surface area contributed by atoms with Crippen molar-refractivity contribution in [1.82, 2.24) is 0 Å². The summed E-state index contributed by atoms with van der Waals surface area (Å²) in [6.45, 7) is 0. The number of hydrogen-bond donors (Lipinski definition) is 0. The van der Waals surface area contributed by atoms with Crippen LogP contribution in [0.2, 0.25) is 0 Å². The van der Waals surface area contributed by atoms with E-state index in [2.05, 4.69) is 66.8 Å². The summed E-state index contributed by atoms with van der Waals surface area (Å²) in [5.41, 5.74) is 6.22. The van der Waals surface area contributed by atoms with Crippen LogP contribution in [-0.4, -0.2) is 3.81 Å². The fourth-order valence-corrected chi connectivity index (χ4v) is 11.0. The van der Waals surface area contributed by atoms with E-state index in [1.165, 1.54) is 49.7 Å².